The van der Waals surface area contributed by atoms with Gasteiger partial charge in [0.25, 0.3) is 0 Å². The number of aliphatic hydroxyl groups is 4. The number of carbonyl (C=O) groups is 1. The molecule has 1 saturated heterocycles. The molecule has 0 spiro atoms. The summed E-state index contributed by atoms with van der Waals surface area (Å²) in [4.78, 5) is 12.4. The Kier molecular flexibility index (Phi) is 8.26. The topological polar surface area (TPSA) is 144 Å². The molecule has 176 valence electrons. The maximum absolute atomic E-state index is 12.4. The lowest BCUT2D eigenvalue weighted by Gasteiger charge is -2.39. The Balaban J connectivity index is 1.59. The van der Waals surface area contributed by atoms with Crippen LogP contribution in [0.25, 0.3) is 6.08 Å². The van der Waals surface area contributed by atoms with Gasteiger partial charge in [-0.15, -0.1) is 5.11 Å². The Morgan fingerprint density at radius 1 is 1.03 bits per heavy atom. The second kappa shape index (κ2) is 11.1. The second-order valence-electron chi connectivity index (χ2n) is 7.67. The molecule has 4 N–H and O–H groups in total. The fourth-order valence-electron chi connectivity index (χ4n) is 3.06. The predicted octanol–water partition coefficient (Wildman–Crippen LogP) is 1.32. The molecule has 0 aromatic heterocycles. The number of allylic oxidation sites excluding steroid dienone is 1. The molecule has 1 unspecified atom stereocenters. The van der Waals surface area contributed by atoms with Crippen molar-refractivity contribution in [3.05, 3.63) is 65.7 Å². The van der Waals surface area contributed by atoms with Gasteiger partial charge >= 0.3 is 0 Å². The van der Waals surface area contributed by atoms with Crippen molar-refractivity contribution < 1.29 is 34.7 Å². The lowest BCUT2D eigenvalue weighted by molar-refractivity contribution is -0.277. The van der Waals surface area contributed by atoms with E-state index in [4.69, 9.17) is 9.47 Å². The lowest BCUT2D eigenvalue weighted by Crippen LogP contribution is -2.60. The Morgan fingerprint density at radius 2 is 1.70 bits per heavy atom. The molecule has 1 aliphatic heterocycles. The number of carbonyl (C=O) groups excluding carboxylic acids is 1. The zero-order chi connectivity index (χ0) is 24.0. The van der Waals surface area contributed by atoms with Crippen molar-refractivity contribution in [2.24, 2.45) is 10.3 Å². The Labute approximate surface area is 191 Å². The summed E-state index contributed by atoms with van der Waals surface area (Å²) in [6, 6.07) is 13.4. The normalized spacial score (nSPS) is 25.5. The van der Waals surface area contributed by atoms with Crippen LogP contribution in [0.5, 0.6) is 5.75 Å². The molecule has 10 nitrogen and oxygen atoms in total. The summed E-state index contributed by atoms with van der Waals surface area (Å²) in [5, 5.41) is 48.5. The van der Waals surface area contributed by atoms with Crippen molar-refractivity contribution in [2.45, 2.75) is 30.7 Å². The maximum atomic E-state index is 12.4. The van der Waals surface area contributed by atoms with Crippen LogP contribution in [0.15, 0.2) is 64.9 Å². The third-order valence-electron chi connectivity index (χ3n) is 4.90. The van der Waals surface area contributed by atoms with Crippen LogP contribution >= 0.6 is 0 Å². The van der Waals surface area contributed by atoms with Crippen molar-refractivity contribution in [3.63, 3.8) is 0 Å². The Morgan fingerprint density at radius 3 is 2.30 bits per heavy atom. The van der Waals surface area contributed by atoms with E-state index < -0.39 is 37.3 Å². The van der Waals surface area contributed by atoms with Crippen LogP contribution < -0.4 is 4.74 Å². The Hall–Kier alpha value is -3.15. The minimum atomic E-state index is -1.51. The average molecular weight is 457 g/mol. The molecule has 1 heterocycles. The number of aliphatic hydroxyl groups excluding tert-OH is 4. The SMILES string of the molecule is CN(C)/N=N/c1ccc(C(=O)/C=C/c2ccc(OC3O[C@@H](CO)[C@H](O)[C@@H](O)[C@@H]3O)cc2)cc1. The first-order valence-corrected chi connectivity index (χ1v) is 10.3. The first kappa shape index (κ1) is 24.5. The first-order valence-electron chi connectivity index (χ1n) is 10.3. The van der Waals surface area contributed by atoms with Crippen molar-refractivity contribution in [1.29, 1.82) is 0 Å². The minimum absolute atomic E-state index is 0.173. The highest BCUT2D eigenvalue weighted by Gasteiger charge is 2.44. The highest BCUT2D eigenvalue weighted by molar-refractivity contribution is 6.06. The summed E-state index contributed by atoms with van der Waals surface area (Å²) in [7, 11) is 3.53. The van der Waals surface area contributed by atoms with Crippen LogP contribution in [0.1, 0.15) is 15.9 Å². The van der Waals surface area contributed by atoms with Crippen molar-refractivity contribution in [2.75, 3.05) is 20.7 Å². The summed E-state index contributed by atoms with van der Waals surface area (Å²) in [5.74, 6) is 0.165. The van der Waals surface area contributed by atoms with Crippen LogP contribution in [0.2, 0.25) is 0 Å². The quantitative estimate of drug-likeness (QED) is 0.201. The average Bonchev–Trinajstić information content (AvgIpc) is 2.82. The number of hydrogen-bond acceptors (Lipinski definition) is 9. The molecule has 0 radical (unpaired) electrons. The van der Waals surface area contributed by atoms with Crippen molar-refractivity contribution in [1.82, 2.24) is 5.01 Å². The van der Waals surface area contributed by atoms with Gasteiger partial charge in [0.2, 0.25) is 6.29 Å². The standard InChI is InChI=1S/C23H27N3O7/c1-26(2)25-24-16-8-6-15(7-9-16)18(28)12-5-14-3-10-17(11-4-14)32-23-22(31)21(30)20(29)19(13-27)33-23/h3-12,19-23,27,29-31H,13H2,1-2H3/b12-5+,25-24+/t19-,20-,21+,22-,23?/m0/s1. The van der Waals surface area contributed by atoms with E-state index >= 15 is 0 Å². The van der Waals surface area contributed by atoms with Gasteiger partial charge in [-0.3, -0.25) is 9.80 Å². The number of ketones is 1. The van der Waals surface area contributed by atoms with Crippen LogP contribution in [-0.4, -0.2) is 82.6 Å². The van der Waals surface area contributed by atoms with Crippen LogP contribution in [0.3, 0.4) is 0 Å². The van der Waals surface area contributed by atoms with E-state index in [-0.39, 0.29) is 5.78 Å². The van der Waals surface area contributed by atoms with Gasteiger partial charge in [0, 0.05) is 19.7 Å². The maximum Gasteiger partial charge on any atom is 0.229 e. The summed E-state index contributed by atoms with van der Waals surface area (Å²) >= 11 is 0. The second-order valence-corrected chi connectivity index (χ2v) is 7.67. The Bertz CT molecular complexity index is 975. The van der Waals surface area contributed by atoms with E-state index in [9.17, 15) is 25.2 Å². The summed E-state index contributed by atoms with van der Waals surface area (Å²) < 4.78 is 10.9. The molecule has 0 amide bonds. The molecule has 10 heteroatoms. The molecular weight excluding hydrogens is 430 g/mol. The van der Waals surface area contributed by atoms with E-state index in [0.29, 0.717) is 17.0 Å². The van der Waals surface area contributed by atoms with E-state index in [1.165, 1.54) is 6.08 Å². The monoisotopic (exact) mass is 457 g/mol. The molecule has 1 aliphatic rings. The fraction of sp³-hybridized carbons (Fsp3) is 0.348. The fourth-order valence-corrected chi connectivity index (χ4v) is 3.06. The number of rotatable bonds is 8. The van der Waals surface area contributed by atoms with E-state index in [0.717, 1.165) is 5.56 Å². The molecule has 5 atom stereocenters. The molecular formula is C23H27N3O7. The molecule has 0 aliphatic carbocycles. The van der Waals surface area contributed by atoms with Crippen LogP contribution in [0, 0.1) is 0 Å². The number of ether oxygens (including phenoxy) is 2. The smallest absolute Gasteiger partial charge is 0.229 e. The summed E-state index contributed by atoms with van der Waals surface area (Å²) in [6.07, 6.45) is -3.66. The first-order chi connectivity index (χ1) is 15.8. The zero-order valence-corrected chi connectivity index (χ0v) is 18.2. The largest absolute Gasteiger partial charge is 0.462 e. The van der Waals surface area contributed by atoms with E-state index in [1.54, 1.807) is 73.7 Å². The van der Waals surface area contributed by atoms with Gasteiger partial charge in [-0.2, -0.15) is 0 Å². The molecule has 0 saturated carbocycles. The van der Waals surface area contributed by atoms with Gasteiger partial charge in [0.05, 0.1) is 12.3 Å². The van der Waals surface area contributed by atoms with Gasteiger partial charge in [-0.05, 0) is 48.0 Å². The molecule has 33 heavy (non-hydrogen) atoms. The lowest BCUT2D eigenvalue weighted by atomic mass is 9.99. The highest BCUT2D eigenvalue weighted by Crippen LogP contribution is 2.24. The summed E-state index contributed by atoms with van der Waals surface area (Å²) in [5.41, 5.74) is 1.89. The van der Waals surface area contributed by atoms with Gasteiger partial charge in [0.1, 0.15) is 30.2 Å². The van der Waals surface area contributed by atoms with Crippen molar-refractivity contribution >= 4 is 17.5 Å². The molecule has 2 aromatic carbocycles. The van der Waals surface area contributed by atoms with Gasteiger partial charge in [0.15, 0.2) is 5.78 Å². The number of benzene rings is 2. The highest BCUT2D eigenvalue weighted by atomic mass is 16.7. The predicted molar refractivity (Wildman–Crippen MR) is 119 cm³/mol. The third kappa shape index (κ3) is 6.44. The molecule has 0 bridgehead atoms. The minimum Gasteiger partial charge on any atom is -0.462 e. The van der Waals surface area contributed by atoms with Crippen molar-refractivity contribution in [3.8, 4) is 5.75 Å². The van der Waals surface area contributed by atoms with Crippen LogP contribution in [-0.2, 0) is 4.74 Å². The van der Waals surface area contributed by atoms with Crippen LogP contribution in [0.4, 0.5) is 5.69 Å². The number of nitrogens with zero attached hydrogens (tertiary/aromatic N) is 3. The zero-order valence-electron chi connectivity index (χ0n) is 18.2. The number of hydrogen-bond donors (Lipinski definition) is 4. The van der Waals surface area contributed by atoms with E-state index in [1.807, 2.05) is 0 Å². The molecule has 3 rings (SSSR count). The van der Waals surface area contributed by atoms with Gasteiger partial charge in [-0.25, -0.2) is 0 Å². The molecule has 2 aromatic rings. The third-order valence-corrected chi connectivity index (χ3v) is 4.90. The van der Waals surface area contributed by atoms with Gasteiger partial charge in [-0.1, -0.05) is 23.4 Å². The summed E-state index contributed by atoms with van der Waals surface area (Å²) in [6.45, 7) is -0.536. The van der Waals surface area contributed by atoms with Gasteiger partial charge < -0.3 is 29.9 Å². The molecule has 1 fully saturated rings. The van der Waals surface area contributed by atoms with E-state index in [2.05, 4.69) is 10.3 Å².